The van der Waals surface area contributed by atoms with Crippen molar-refractivity contribution in [2.75, 3.05) is 0 Å². The van der Waals surface area contributed by atoms with Crippen molar-refractivity contribution in [3.8, 4) is 5.69 Å². The van der Waals surface area contributed by atoms with Crippen LogP contribution in [-0.4, -0.2) is 21.7 Å². The van der Waals surface area contributed by atoms with Gasteiger partial charge in [0.05, 0.1) is 11.7 Å². The molecule has 3 atom stereocenters. The molecule has 1 fully saturated rings. The number of aromatic nitrogens is 2. The van der Waals surface area contributed by atoms with Crippen LogP contribution >= 0.6 is 12.4 Å². The molecule has 1 aliphatic carbocycles. The van der Waals surface area contributed by atoms with Crippen LogP contribution in [0.1, 0.15) is 37.8 Å². The van der Waals surface area contributed by atoms with Crippen LogP contribution in [0, 0.1) is 5.92 Å². The molecule has 0 radical (unpaired) electrons. The Balaban J connectivity index is 0.00000192. The molecule has 124 valence electrons. The molecule has 6 heteroatoms. The minimum Gasteiger partial charge on any atom is -0.349 e. The molecule has 3 rings (SSSR count). The van der Waals surface area contributed by atoms with Crippen molar-refractivity contribution < 1.29 is 4.79 Å². The second-order valence-electron chi connectivity index (χ2n) is 6.04. The smallest absolute Gasteiger partial charge is 0.223 e. The Bertz CT molecular complexity index is 627. The topological polar surface area (TPSA) is 72.9 Å². The Morgan fingerprint density at radius 1 is 1.35 bits per heavy atom. The van der Waals surface area contributed by atoms with Gasteiger partial charge in [-0.15, -0.1) is 12.4 Å². The number of rotatable bonds is 4. The molecule has 1 heterocycles. The Hall–Kier alpha value is -1.85. The third-order valence-corrected chi connectivity index (χ3v) is 4.36. The molecule has 1 saturated carbocycles. The van der Waals surface area contributed by atoms with Crippen molar-refractivity contribution in [3.05, 3.63) is 48.3 Å². The van der Waals surface area contributed by atoms with Crippen molar-refractivity contribution >= 4 is 18.3 Å². The summed E-state index contributed by atoms with van der Waals surface area (Å²) in [7, 11) is 0. The largest absolute Gasteiger partial charge is 0.349 e. The molecule has 5 nitrogen and oxygen atoms in total. The van der Waals surface area contributed by atoms with E-state index in [9.17, 15) is 4.79 Å². The maximum absolute atomic E-state index is 12.2. The van der Waals surface area contributed by atoms with Crippen molar-refractivity contribution in [1.29, 1.82) is 0 Å². The lowest BCUT2D eigenvalue weighted by atomic mass is 10.0. The highest BCUT2D eigenvalue weighted by atomic mass is 35.5. The number of hydrogen-bond donors (Lipinski definition) is 2. The van der Waals surface area contributed by atoms with Gasteiger partial charge in [0.15, 0.2) is 0 Å². The standard InChI is InChI=1S/C17H22N4O.ClH/c1-12(20-17(22)14-3-6-15(18)11-14)13-4-7-16(8-5-13)21-10-2-9-19-21;/h2,4-5,7-10,12,14-15H,3,6,11,18H2,1H3,(H,20,22);1H. The van der Waals surface area contributed by atoms with Crippen molar-refractivity contribution in [2.45, 2.75) is 38.3 Å². The summed E-state index contributed by atoms with van der Waals surface area (Å²) in [5, 5.41) is 7.30. The summed E-state index contributed by atoms with van der Waals surface area (Å²) >= 11 is 0. The Morgan fingerprint density at radius 3 is 2.65 bits per heavy atom. The number of carbonyl (C=O) groups is 1. The van der Waals surface area contributed by atoms with E-state index in [1.807, 2.05) is 48.1 Å². The van der Waals surface area contributed by atoms with Gasteiger partial charge in [0.2, 0.25) is 5.91 Å². The first-order valence-electron chi connectivity index (χ1n) is 7.79. The predicted molar refractivity (Wildman–Crippen MR) is 92.7 cm³/mol. The summed E-state index contributed by atoms with van der Waals surface area (Å²) in [6, 6.07) is 10.1. The summed E-state index contributed by atoms with van der Waals surface area (Å²) in [6.07, 6.45) is 6.31. The summed E-state index contributed by atoms with van der Waals surface area (Å²) < 4.78 is 1.81. The van der Waals surface area contributed by atoms with Crippen LogP contribution < -0.4 is 11.1 Å². The molecule has 1 aliphatic rings. The summed E-state index contributed by atoms with van der Waals surface area (Å²) in [4.78, 5) is 12.2. The molecular weight excluding hydrogens is 312 g/mol. The summed E-state index contributed by atoms with van der Waals surface area (Å²) in [6.45, 7) is 2.01. The fraction of sp³-hybridized carbons (Fsp3) is 0.412. The number of hydrogen-bond acceptors (Lipinski definition) is 3. The number of nitrogens with zero attached hydrogens (tertiary/aromatic N) is 2. The van der Waals surface area contributed by atoms with Crippen LogP contribution in [0.25, 0.3) is 5.69 Å². The van der Waals surface area contributed by atoms with E-state index in [4.69, 9.17) is 5.73 Å². The second kappa shape index (κ2) is 7.62. The zero-order valence-electron chi connectivity index (χ0n) is 13.2. The van der Waals surface area contributed by atoms with Crippen LogP contribution in [0.15, 0.2) is 42.7 Å². The maximum atomic E-state index is 12.2. The maximum Gasteiger partial charge on any atom is 0.223 e. The minimum absolute atomic E-state index is 0. The summed E-state index contributed by atoms with van der Waals surface area (Å²) in [5.41, 5.74) is 7.98. The van der Waals surface area contributed by atoms with Crippen LogP contribution in [0.4, 0.5) is 0 Å². The average molecular weight is 335 g/mol. The highest BCUT2D eigenvalue weighted by Gasteiger charge is 2.28. The molecule has 2 aromatic rings. The third-order valence-electron chi connectivity index (χ3n) is 4.36. The Morgan fingerprint density at radius 2 is 2.09 bits per heavy atom. The molecule has 1 amide bonds. The minimum atomic E-state index is -0.00371. The normalized spacial score (nSPS) is 21.5. The zero-order chi connectivity index (χ0) is 15.5. The van der Waals surface area contributed by atoms with Gasteiger partial charge in [-0.25, -0.2) is 4.68 Å². The highest BCUT2D eigenvalue weighted by molar-refractivity contribution is 5.85. The number of nitrogens with one attached hydrogen (secondary N) is 1. The van der Waals surface area contributed by atoms with Gasteiger partial charge < -0.3 is 11.1 Å². The second-order valence-corrected chi connectivity index (χ2v) is 6.04. The van der Waals surface area contributed by atoms with Gasteiger partial charge in [0.1, 0.15) is 0 Å². The first kappa shape index (κ1) is 17.5. The van der Waals surface area contributed by atoms with Crippen LogP contribution in [0.5, 0.6) is 0 Å². The summed E-state index contributed by atoms with van der Waals surface area (Å²) in [5.74, 6) is 0.192. The Kier molecular flexibility index (Phi) is 5.80. The molecule has 0 aliphatic heterocycles. The molecular formula is C17H23ClN4O. The van der Waals surface area contributed by atoms with Crippen LogP contribution in [-0.2, 0) is 4.79 Å². The van der Waals surface area contributed by atoms with Gasteiger partial charge in [-0.2, -0.15) is 5.10 Å². The number of halogens is 1. The van der Waals surface area contributed by atoms with E-state index in [1.165, 1.54) is 0 Å². The van der Waals surface area contributed by atoms with Crippen LogP contribution in [0.2, 0.25) is 0 Å². The average Bonchev–Trinajstić information content (AvgIpc) is 3.18. The van der Waals surface area contributed by atoms with Gasteiger partial charge in [-0.3, -0.25) is 4.79 Å². The van der Waals surface area contributed by atoms with Gasteiger partial charge >= 0.3 is 0 Å². The van der Waals surface area contributed by atoms with E-state index in [-0.39, 0.29) is 36.3 Å². The van der Waals surface area contributed by atoms with Gasteiger partial charge in [-0.05, 0) is 49.9 Å². The van der Waals surface area contributed by atoms with Crippen molar-refractivity contribution in [1.82, 2.24) is 15.1 Å². The van der Waals surface area contributed by atoms with Crippen molar-refractivity contribution in [2.24, 2.45) is 11.7 Å². The number of amides is 1. The van der Waals surface area contributed by atoms with E-state index >= 15 is 0 Å². The molecule has 23 heavy (non-hydrogen) atoms. The fourth-order valence-electron chi connectivity index (χ4n) is 3.01. The predicted octanol–water partition coefficient (Wildman–Crippen LogP) is 2.60. The van der Waals surface area contributed by atoms with Gasteiger partial charge in [0.25, 0.3) is 0 Å². The molecule has 0 bridgehead atoms. The van der Waals surface area contributed by atoms with Crippen LogP contribution in [0.3, 0.4) is 0 Å². The lowest BCUT2D eigenvalue weighted by Gasteiger charge is -2.18. The SMILES string of the molecule is CC(NC(=O)C1CCC(N)C1)c1ccc(-n2cccn2)cc1.Cl. The number of benzene rings is 1. The van der Waals surface area contributed by atoms with Crippen molar-refractivity contribution in [3.63, 3.8) is 0 Å². The monoisotopic (exact) mass is 334 g/mol. The first-order chi connectivity index (χ1) is 10.6. The zero-order valence-corrected chi connectivity index (χ0v) is 14.0. The number of carbonyl (C=O) groups excluding carboxylic acids is 1. The molecule has 1 aromatic heterocycles. The fourth-order valence-corrected chi connectivity index (χ4v) is 3.01. The quantitative estimate of drug-likeness (QED) is 0.902. The lowest BCUT2D eigenvalue weighted by Crippen LogP contribution is -2.32. The van der Waals surface area contributed by atoms with E-state index in [1.54, 1.807) is 6.20 Å². The third kappa shape index (κ3) is 4.12. The molecule has 3 N–H and O–H groups in total. The van der Waals surface area contributed by atoms with E-state index in [0.717, 1.165) is 30.5 Å². The molecule has 1 aromatic carbocycles. The van der Waals surface area contributed by atoms with Gasteiger partial charge in [0, 0.05) is 24.4 Å². The Labute approximate surface area is 142 Å². The first-order valence-corrected chi connectivity index (χ1v) is 7.79. The van der Waals surface area contributed by atoms with E-state index in [2.05, 4.69) is 10.4 Å². The lowest BCUT2D eigenvalue weighted by molar-refractivity contribution is -0.125. The van der Waals surface area contributed by atoms with E-state index in [0.29, 0.717) is 0 Å². The molecule has 3 unspecified atom stereocenters. The number of nitrogens with two attached hydrogens (primary N) is 1. The van der Waals surface area contributed by atoms with Gasteiger partial charge in [-0.1, -0.05) is 12.1 Å². The highest BCUT2D eigenvalue weighted by Crippen LogP contribution is 2.25. The van der Waals surface area contributed by atoms with E-state index < -0.39 is 0 Å². The molecule has 0 spiro atoms. The molecule has 0 saturated heterocycles.